The Morgan fingerprint density at radius 1 is 1.44 bits per heavy atom. The number of likely N-dealkylation sites (N-methyl/N-ethyl adjacent to an activating group) is 1. The summed E-state index contributed by atoms with van der Waals surface area (Å²) >= 11 is 0. The summed E-state index contributed by atoms with van der Waals surface area (Å²) < 4.78 is 0. The van der Waals surface area contributed by atoms with E-state index in [0.29, 0.717) is 5.56 Å². The van der Waals surface area contributed by atoms with Crippen LogP contribution in [0.25, 0.3) is 0 Å². The topological polar surface area (TPSA) is 40.5 Å². The van der Waals surface area contributed by atoms with Gasteiger partial charge in [-0.3, -0.25) is 0 Å². The van der Waals surface area contributed by atoms with E-state index in [0.717, 1.165) is 30.6 Å². The summed E-state index contributed by atoms with van der Waals surface area (Å²) in [5.74, 6) is -0.809. The molecule has 0 fully saturated rings. The molecular formula is C13H17NO2. The molecule has 0 aromatic heterocycles. The van der Waals surface area contributed by atoms with Crippen molar-refractivity contribution in [1.82, 2.24) is 4.90 Å². The van der Waals surface area contributed by atoms with Crippen molar-refractivity contribution < 1.29 is 9.90 Å². The van der Waals surface area contributed by atoms with Crippen LogP contribution in [0, 0.1) is 13.8 Å². The standard InChI is InChI=1S/C13H17NO2/c1-8-6-10-7-14(3)5-4-11(10)9(2)12(8)13(15)16/h6H,4-5,7H2,1-3H3,(H,15,16). The number of rotatable bonds is 1. The lowest BCUT2D eigenvalue weighted by Gasteiger charge is -2.27. The van der Waals surface area contributed by atoms with E-state index >= 15 is 0 Å². The molecular weight excluding hydrogens is 202 g/mol. The van der Waals surface area contributed by atoms with Gasteiger partial charge in [0.25, 0.3) is 0 Å². The summed E-state index contributed by atoms with van der Waals surface area (Å²) in [6.07, 6.45) is 0.957. The zero-order valence-electron chi connectivity index (χ0n) is 10.0. The molecule has 1 N–H and O–H groups in total. The Morgan fingerprint density at radius 2 is 2.12 bits per heavy atom. The lowest BCUT2D eigenvalue weighted by atomic mass is 9.89. The molecule has 1 aromatic carbocycles. The molecule has 2 rings (SSSR count). The molecule has 1 heterocycles. The first-order valence-corrected chi connectivity index (χ1v) is 5.54. The van der Waals surface area contributed by atoms with Crippen LogP contribution in [0.4, 0.5) is 0 Å². The lowest BCUT2D eigenvalue weighted by Crippen LogP contribution is -2.28. The number of carbonyl (C=O) groups is 1. The first kappa shape index (κ1) is 11.1. The third-order valence-corrected chi connectivity index (χ3v) is 3.40. The van der Waals surface area contributed by atoms with Crippen molar-refractivity contribution in [3.05, 3.63) is 33.9 Å². The maximum absolute atomic E-state index is 11.2. The van der Waals surface area contributed by atoms with E-state index in [1.54, 1.807) is 0 Å². The van der Waals surface area contributed by atoms with Gasteiger partial charge in [-0.1, -0.05) is 6.07 Å². The van der Waals surface area contributed by atoms with Gasteiger partial charge in [-0.2, -0.15) is 0 Å². The Hall–Kier alpha value is -1.35. The Balaban J connectivity index is 2.59. The number of hydrogen-bond acceptors (Lipinski definition) is 2. The fourth-order valence-electron chi connectivity index (χ4n) is 2.60. The number of nitrogens with zero attached hydrogens (tertiary/aromatic N) is 1. The van der Waals surface area contributed by atoms with Crippen LogP contribution in [-0.4, -0.2) is 29.6 Å². The second-order valence-corrected chi connectivity index (χ2v) is 4.62. The molecule has 0 saturated carbocycles. The molecule has 0 atom stereocenters. The lowest BCUT2D eigenvalue weighted by molar-refractivity contribution is 0.0695. The van der Waals surface area contributed by atoms with E-state index in [-0.39, 0.29) is 0 Å². The van der Waals surface area contributed by atoms with Gasteiger partial charge in [-0.25, -0.2) is 4.79 Å². The molecule has 0 spiro atoms. The number of aromatic carboxylic acids is 1. The molecule has 16 heavy (non-hydrogen) atoms. The van der Waals surface area contributed by atoms with Gasteiger partial charge in [0.15, 0.2) is 0 Å². The molecule has 1 aliphatic heterocycles. The molecule has 0 bridgehead atoms. The quantitative estimate of drug-likeness (QED) is 0.785. The second-order valence-electron chi connectivity index (χ2n) is 4.62. The van der Waals surface area contributed by atoms with Crippen LogP contribution in [0.15, 0.2) is 6.07 Å². The van der Waals surface area contributed by atoms with Crippen LogP contribution in [0.3, 0.4) is 0 Å². The zero-order chi connectivity index (χ0) is 11.9. The highest BCUT2D eigenvalue weighted by molar-refractivity contribution is 5.91. The molecule has 1 aromatic rings. The predicted octanol–water partition coefficient (Wildman–Crippen LogP) is 1.99. The Labute approximate surface area is 95.7 Å². The van der Waals surface area contributed by atoms with Gasteiger partial charge in [0.05, 0.1) is 5.56 Å². The Bertz CT molecular complexity index is 452. The largest absolute Gasteiger partial charge is 0.478 e. The van der Waals surface area contributed by atoms with Crippen LogP contribution in [0.2, 0.25) is 0 Å². The molecule has 86 valence electrons. The van der Waals surface area contributed by atoms with Crippen molar-refractivity contribution >= 4 is 5.97 Å². The first-order chi connectivity index (χ1) is 7.50. The summed E-state index contributed by atoms with van der Waals surface area (Å²) in [5.41, 5.74) is 4.84. The molecule has 0 unspecified atom stereocenters. The van der Waals surface area contributed by atoms with Crippen LogP contribution < -0.4 is 0 Å². The van der Waals surface area contributed by atoms with E-state index in [2.05, 4.69) is 11.9 Å². The average molecular weight is 219 g/mol. The number of benzene rings is 1. The van der Waals surface area contributed by atoms with Crippen molar-refractivity contribution in [2.24, 2.45) is 0 Å². The molecule has 3 heteroatoms. The minimum absolute atomic E-state index is 0.489. The van der Waals surface area contributed by atoms with E-state index in [4.69, 9.17) is 0 Å². The zero-order valence-corrected chi connectivity index (χ0v) is 10.0. The average Bonchev–Trinajstić information content (AvgIpc) is 2.15. The highest BCUT2D eigenvalue weighted by Crippen LogP contribution is 2.27. The number of fused-ring (bicyclic) bond motifs is 1. The minimum atomic E-state index is -0.809. The molecule has 3 nitrogen and oxygen atoms in total. The fraction of sp³-hybridized carbons (Fsp3) is 0.462. The predicted molar refractivity (Wildman–Crippen MR) is 62.9 cm³/mol. The van der Waals surface area contributed by atoms with Crippen molar-refractivity contribution in [3.8, 4) is 0 Å². The maximum Gasteiger partial charge on any atom is 0.336 e. The molecule has 1 aliphatic rings. The Morgan fingerprint density at radius 3 is 2.75 bits per heavy atom. The van der Waals surface area contributed by atoms with Crippen LogP contribution in [-0.2, 0) is 13.0 Å². The van der Waals surface area contributed by atoms with Crippen molar-refractivity contribution in [2.45, 2.75) is 26.8 Å². The van der Waals surface area contributed by atoms with Crippen molar-refractivity contribution in [1.29, 1.82) is 0 Å². The molecule has 0 aliphatic carbocycles. The van der Waals surface area contributed by atoms with Gasteiger partial charge < -0.3 is 10.0 Å². The van der Waals surface area contributed by atoms with Crippen LogP contribution in [0.5, 0.6) is 0 Å². The van der Waals surface area contributed by atoms with Crippen LogP contribution in [0.1, 0.15) is 32.6 Å². The van der Waals surface area contributed by atoms with E-state index in [1.807, 2.05) is 19.9 Å². The van der Waals surface area contributed by atoms with Crippen molar-refractivity contribution in [3.63, 3.8) is 0 Å². The number of carboxylic acid groups (broad SMARTS) is 1. The first-order valence-electron chi connectivity index (χ1n) is 5.54. The number of carboxylic acids is 1. The highest BCUT2D eigenvalue weighted by Gasteiger charge is 2.21. The number of hydrogen-bond donors (Lipinski definition) is 1. The normalized spacial score (nSPS) is 15.9. The summed E-state index contributed by atoms with van der Waals surface area (Å²) in [6, 6.07) is 2.03. The minimum Gasteiger partial charge on any atom is -0.478 e. The maximum atomic E-state index is 11.2. The summed E-state index contributed by atoms with van der Waals surface area (Å²) in [7, 11) is 2.10. The molecule has 0 radical (unpaired) electrons. The van der Waals surface area contributed by atoms with Gasteiger partial charge in [0.1, 0.15) is 0 Å². The van der Waals surface area contributed by atoms with Crippen LogP contribution >= 0.6 is 0 Å². The second kappa shape index (κ2) is 3.91. The van der Waals surface area contributed by atoms with Gasteiger partial charge >= 0.3 is 5.97 Å². The fourth-order valence-corrected chi connectivity index (χ4v) is 2.60. The SMILES string of the molecule is Cc1cc2c(c(C)c1C(=O)O)CCN(C)C2. The summed E-state index contributed by atoms with van der Waals surface area (Å²) in [6.45, 7) is 5.75. The molecule has 0 amide bonds. The highest BCUT2D eigenvalue weighted by atomic mass is 16.4. The van der Waals surface area contributed by atoms with Crippen molar-refractivity contribution in [2.75, 3.05) is 13.6 Å². The Kier molecular flexibility index (Phi) is 2.72. The van der Waals surface area contributed by atoms with E-state index < -0.39 is 5.97 Å². The van der Waals surface area contributed by atoms with E-state index in [9.17, 15) is 9.90 Å². The van der Waals surface area contributed by atoms with Gasteiger partial charge in [-0.15, -0.1) is 0 Å². The third kappa shape index (κ3) is 1.71. The number of aryl methyl sites for hydroxylation is 1. The molecule has 0 saturated heterocycles. The van der Waals surface area contributed by atoms with Gasteiger partial charge in [-0.05, 0) is 49.6 Å². The summed E-state index contributed by atoms with van der Waals surface area (Å²) in [4.78, 5) is 13.4. The monoisotopic (exact) mass is 219 g/mol. The summed E-state index contributed by atoms with van der Waals surface area (Å²) in [5, 5.41) is 9.19. The van der Waals surface area contributed by atoms with Gasteiger partial charge in [0, 0.05) is 13.1 Å². The van der Waals surface area contributed by atoms with E-state index in [1.165, 1.54) is 11.1 Å². The third-order valence-electron chi connectivity index (χ3n) is 3.40. The van der Waals surface area contributed by atoms with Gasteiger partial charge in [0.2, 0.25) is 0 Å². The smallest absolute Gasteiger partial charge is 0.336 e.